The summed E-state index contributed by atoms with van der Waals surface area (Å²) < 4.78 is 0. The molecular formula is C16H12ClNS. The normalized spacial score (nSPS) is 10.8. The molecule has 0 saturated carbocycles. The molecule has 0 radical (unpaired) electrons. The van der Waals surface area contributed by atoms with Crippen LogP contribution in [0.4, 0.5) is 0 Å². The fraction of sp³-hybridized carbons (Fsp3) is 0.0625. The fourth-order valence-corrected chi connectivity index (χ4v) is 3.02. The maximum atomic E-state index is 6.20. The van der Waals surface area contributed by atoms with E-state index in [-0.39, 0.29) is 0 Å². The van der Waals surface area contributed by atoms with Gasteiger partial charge >= 0.3 is 0 Å². The molecule has 0 unspecified atom stereocenters. The van der Waals surface area contributed by atoms with Crippen LogP contribution in [0.2, 0.25) is 5.02 Å². The SMILES string of the molecule is Clc1ccnc2ccc(SCc3ccccc3)cc12. The average Bonchev–Trinajstić information content (AvgIpc) is 2.47. The Morgan fingerprint density at radius 3 is 2.68 bits per heavy atom. The van der Waals surface area contributed by atoms with Crippen molar-refractivity contribution < 1.29 is 0 Å². The second-order valence-electron chi connectivity index (χ2n) is 4.25. The van der Waals surface area contributed by atoms with Gasteiger partial charge in [-0.05, 0) is 29.8 Å². The van der Waals surface area contributed by atoms with Gasteiger partial charge in [0.15, 0.2) is 0 Å². The molecule has 2 aromatic carbocycles. The van der Waals surface area contributed by atoms with E-state index in [9.17, 15) is 0 Å². The first kappa shape index (κ1) is 12.5. The Morgan fingerprint density at radius 2 is 1.84 bits per heavy atom. The third-order valence-electron chi connectivity index (χ3n) is 2.91. The summed E-state index contributed by atoms with van der Waals surface area (Å²) in [5, 5.41) is 1.77. The number of fused-ring (bicyclic) bond motifs is 1. The van der Waals surface area contributed by atoms with Crippen LogP contribution >= 0.6 is 23.4 Å². The zero-order valence-electron chi connectivity index (χ0n) is 10.2. The van der Waals surface area contributed by atoms with Crippen LogP contribution in [-0.4, -0.2) is 4.98 Å². The zero-order valence-corrected chi connectivity index (χ0v) is 11.8. The molecule has 0 bridgehead atoms. The predicted octanol–water partition coefficient (Wildman–Crippen LogP) is 5.18. The van der Waals surface area contributed by atoms with Crippen LogP contribution in [0.3, 0.4) is 0 Å². The maximum Gasteiger partial charge on any atom is 0.0717 e. The third kappa shape index (κ3) is 2.91. The molecule has 94 valence electrons. The van der Waals surface area contributed by atoms with Gasteiger partial charge in [-0.15, -0.1) is 11.8 Å². The standard InChI is InChI=1S/C16H12ClNS/c17-15-8-9-18-16-7-6-13(10-14(15)16)19-11-12-4-2-1-3-5-12/h1-10H,11H2. The summed E-state index contributed by atoms with van der Waals surface area (Å²) in [5.74, 6) is 0.963. The Balaban J connectivity index is 1.84. The van der Waals surface area contributed by atoms with Crippen molar-refractivity contribution in [1.29, 1.82) is 0 Å². The molecule has 0 N–H and O–H groups in total. The van der Waals surface area contributed by atoms with Crippen LogP contribution in [0.25, 0.3) is 10.9 Å². The lowest BCUT2D eigenvalue weighted by molar-refractivity contribution is 1.37. The van der Waals surface area contributed by atoms with Crippen molar-refractivity contribution in [2.24, 2.45) is 0 Å². The molecule has 0 aliphatic carbocycles. The van der Waals surface area contributed by atoms with E-state index >= 15 is 0 Å². The highest BCUT2D eigenvalue weighted by molar-refractivity contribution is 7.98. The van der Waals surface area contributed by atoms with Gasteiger partial charge in [0.1, 0.15) is 0 Å². The van der Waals surface area contributed by atoms with Crippen molar-refractivity contribution in [3.8, 4) is 0 Å². The van der Waals surface area contributed by atoms with Gasteiger partial charge in [-0.3, -0.25) is 4.98 Å². The summed E-state index contributed by atoms with van der Waals surface area (Å²) in [5.41, 5.74) is 2.27. The van der Waals surface area contributed by atoms with E-state index in [1.54, 1.807) is 6.20 Å². The average molecular weight is 286 g/mol. The van der Waals surface area contributed by atoms with Gasteiger partial charge in [-0.1, -0.05) is 41.9 Å². The molecule has 1 heterocycles. The van der Waals surface area contributed by atoms with Crippen LogP contribution in [0.5, 0.6) is 0 Å². The lowest BCUT2D eigenvalue weighted by atomic mass is 10.2. The first-order valence-corrected chi connectivity index (χ1v) is 7.40. The number of hydrogen-bond acceptors (Lipinski definition) is 2. The number of pyridine rings is 1. The van der Waals surface area contributed by atoms with Crippen LogP contribution < -0.4 is 0 Å². The van der Waals surface area contributed by atoms with Gasteiger partial charge in [0, 0.05) is 22.2 Å². The molecular weight excluding hydrogens is 274 g/mol. The van der Waals surface area contributed by atoms with Crippen LogP contribution in [0.15, 0.2) is 65.7 Å². The minimum atomic E-state index is 0.757. The zero-order chi connectivity index (χ0) is 13.1. The molecule has 0 saturated heterocycles. The molecule has 0 aliphatic rings. The van der Waals surface area contributed by atoms with Crippen molar-refractivity contribution in [1.82, 2.24) is 4.98 Å². The molecule has 19 heavy (non-hydrogen) atoms. The van der Waals surface area contributed by atoms with Gasteiger partial charge in [-0.2, -0.15) is 0 Å². The van der Waals surface area contributed by atoms with Gasteiger partial charge in [0.2, 0.25) is 0 Å². The number of rotatable bonds is 3. The topological polar surface area (TPSA) is 12.9 Å². The third-order valence-corrected chi connectivity index (χ3v) is 4.30. The summed E-state index contributed by atoms with van der Waals surface area (Å²) in [6.45, 7) is 0. The minimum Gasteiger partial charge on any atom is -0.256 e. The molecule has 3 aromatic rings. The molecule has 0 fully saturated rings. The smallest absolute Gasteiger partial charge is 0.0717 e. The van der Waals surface area contributed by atoms with E-state index < -0.39 is 0 Å². The lowest BCUT2D eigenvalue weighted by Gasteiger charge is -2.04. The lowest BCUT2D eigenvalue weighted by Crippen LogP contribution is -1.82. The van der Waals surface area contributed by atoms with E-state index in [2.05, 4.69) is 41.4 Å². The summed E-state index contributed by atoms with van der Waals surface area (Å²) in [6, 6.07) is 18.5. The van der Waals surface area contributed by atoms with Gasteiger partial charge < -0.3 is 0 Å². The highest BCUT2D eigenvalue weighted by atomic mass is 35.5. The van der Waals surface area contributed by atoms with Gasteiger partial charge in [0.25, 0.3) is 0 Å². The number of hydrogen-bond donors (Lipinski definition) is 0. The monoisotopic (exact) mass is 285 g/mol. The molecule has 0 aliphatic heterocycles. The minimum absolute atomic E-state index is 0.757. The first-order valence-electron chi connectivity index (χ1n) is 6.04. The molecule has 1 aromatic heterocycles. The number of thioether (sulfide) groups is 1. The summed E-state index contributed by atoms with van der Waals surface area (Å²) in [4.78, 5) is 5.52. The van der Waals surface area contributed by atoms with Crippen LogP contribution in [0, 0.1) is 0 Å². The highest BCUT2D eigenvalue weighted by Crippen LogP contribution is 2.29. The Hall–Kier alpha value is -1.51. The summed E-state index contributed by atoms with van der Waals surface area (Å²) in [6.07, 6.45) is 1.74. The molecule has 1 nitrogen and oxygen atoms in total. The van der Waals surface area contributed by atoms with E-state index in [4.69, 9.17) is 11.6 Å². The summed E-state index contributed by atoms with van der Waals surface area (Å²) >= 11 is 8.01. The Kier molecular flexibility index (Phi) is 3.72. The predicted molar refractivity (Wildman–Crippen MR) is 82.8 cm³/mol. The molecule has 0 spiro atoms. The molecule has 0 atom stereocenters. The first-order chi connectivity index (χ1) is 9.33. The number of aromatic nitrogens is 1. The van der Waals surface area contributed by atoms with Crippen LogP contribution in [-0.2, 0) is 5.75 Å². The molecule has 0 amide bonds. The van der Waals surface area contributed by atoms with E-state index in [1.807, 2.05) is 30.0 Å². The van der Waals surface area contributed by atoms with Crippen molar-refractivity contribution >= 4 is 34.3 Å². The second-order valence-corrected chi connectivity index (χ2v) is 5.70. The number of nitrogens with zero attached hydrogens (tertiary/aromatic N) is 1. The van der Waals surface area contributed by atoms with Gasteiger partial charge in [0.05, 0.1) is 10.5 Å². The molecule has 3 heteroatoms. The maximum absolute atomic E-state index is 6.20. The highest BCUT2D eigenvalue weighted by Gasteiger charge is 2.02. The number of halogens is 1. The fourth-order valence-electron chi connectivity index (χ4n) is 1.92. The van der Waals surface area contributed by atoms with E-state index in [0.717, 1.165) is 21.7 Å². The van der Waals surface area contributed by atoms with Crippen molar-refractivity contribution in [2.75, 3.05) is 0 Å². The Labute approximate surface area is 121 Å². The second kappa shape index (κ2) is 5.64. The van der Waals surface area contributed by atoms with Crippen molar-refractivity contribution in [3.05, 3.63) is 71.4 Å². The largest absolute Gasteiger partial charge is 0.256 e. The van der Waals surface area contributed by atoms with E-state index in [1.165, 1.54) is 10.5 Å². The quantitative estimate of drug-likeness (QED) is 0.615. The van der Waals surface area contributed by atoms with E-state index in [0.29, 0.717) is 0 Å². The van der Waals surface area contributed by atoms with Crippen molar-refractivity contribution in [2.45, 2.75) is 10.6 Å². The number of benzene rings is 2. The van der Waals surface area contributed by atoms with Gasteiger partial charge in [-0.25, -0.2) is 0 Å². The molecule has 3 rings (SSSR count). The van der Waals surface area contributed by atoms with Crippen molar-refractivity contribution in [3.63, 3.8) is 0 Å². The van der Waals surface area contributed by atoms with Crippen LogP contribution in [0.1, 0.15) is 5.56 Å². The Bertz CT molecular complexity index is 697. The summed E-state index contributed by atoms with van der Waals surface area (Å²) in [7, 11) is 0. The Morgan fingerprint density at radius 1 is 1.00 bits per heavy atom.